The summed E-state index contributed by atoms with van der Waals surface area (Å²) in [6, 6.07) is 19.6. The minimum Gasteiger partial charge on any atom is -0.462 e. The van der Waals surface area contributed by atoms with Gasteiger partial charge >= 0.3 is 5.71 Å². The number of carbonyl (C=O) groups excluding carboxylic acids is 1. The Labute approximate surface area is 108 Å². The van der Waals surface area contributed by atoms with E-state index in [1.54, 1.807) is 0 Å². The van der Waals surface area contributed by atoms with E-state index in [9.17, 15) is 4.79 Å². The predicted molar refractivity (Wildman–Crippen MR) is 76.1 cm³/mol. The molecule has 2 nitrogen and oxygen atoms in total. The highest BCUT2D eigenvalue weighted by Crippen LogP contribution is 2.35. The van der Waals surface area contributed by atoms with Gasteiger partial charge in [0.2, 0.25) is 0 Å². The fraction of sp³-hybridized carbons (Fsp3) is 0.133. The molecule has 0 N–H and O–H groups in total. The third kappa shape index (κ3) is 2.96. The van der Waals surface area contributed by atoms with E-state index in [1.807, 2.05) is 67.6 Å². The molecule has 0 aliphatic heterocycles. The lowest BCUT2D eigenvalue weighted by atomic mass is 10.4. The Morgan fingerprint density at radius 3 is 1.78 bits per heavy atom. The fourth-order valence-electron chi connectivity index (χ4n) is 1.70. The summed E-state index contributed by atoms with van der Waals surface area (Å²) in [5.74, 6) is 0. The third-order valence-electron chi connectivity index (χ3n) is 2.48. The molecule has 3 heteroatoms. The van der Waals surface area contributed by atoms with Gasteiger partial charge in [-0.3, -0.25) is 0 Å². The van der Waals surface area contributed by atoms with Gasteiger partial charge in [0.05, 0.1) is 14.5 Å². The van der Waals surface area contributed by atoms with E-state index < -0.39 is 7.92 Å². The lowest BCUT2D eigenvalue weighted by Gasteiger charge is -2.16. The summed E-state index contributed by atoms with van der Waals surface area (Å²) in [6.07, 6.45) is 0. The Hall–Kier alpha value is -1.66. The normalized spacial score (nSPS) is 10.3. The summed E-state index contributed by atoms with van der Waals surface area (Å²) < 4.78 is 5.20. The van der Waals surface area contributed by atoms with Crippen LogP contribution in [0.25, 0.3) is 0 Å². The van der Waals surface area contributed by atoms with Crippen molar-refractivity contribution >= 4 is 24.2 Å². The molecule has 0 saturated carbocycles. The number of rotatable bonds is 4. The van der Waals surface area contributed by atoms with Gasteiger partial charge in [-0.05, 0) is 17.5 Å². The van der Waals surface area contributed by atoms with Gasteiger partial charge in [-0.2, -0.15) is 0 Å². The summed E-state index contributed by atoms with van der Waals surface area (Å²) in [6.45, 7) is 2.25. The van der Waals surface area contributed by atoms with Crippen molar-refractivity contribution in [3.05, 3.63) is 60.7 Å². The van der Waals surface area contributed by atoms with Gasteiger partial charge in [0.25, 0.3) is 0 Å². The number of hydrogen-bond acceptors (Lipinski definition) is 2. The van der Waals surface area contributed by atoms with E-state index in [-0.39, 0.29) is 5.71 Å². The maximum Gasteiger partial charge on any atom is 0.335 e. The van der Waals surface area contributed by atoms with E-state index in [2.05, 4.69) is 0 Å². The van der Waals surface area contributed by atoms with Crippen molar-refractivity contribution < 1.29 is 9.53 Å². The van der Waals surface area contributed by atoms with Gasteiger partial charge in [-0.25, -0.2) is 4.79 Å². The van der Waals surface area contributed by atoms with E-state index >= 15 is 0 Å². The average Bonchev–Trinajstić information content (AvgIpc) is 2.42. The molecule has 0 aliphatic rings. The first-order valence-corrected chi connectivity index (χ1v) is 7.24. The second kappa shape index (κ2) is 6.32. The van der Waals surface area contributed by atoms with Crippen molar-refractivity contribution in [3.63, 3.8) is 0 Å². The SMILES string of the molecule is CCOC(=O)P(c1ccccc1)c1ccccc1. The molecule has 92 valence electrons. The molecule has 0 spiro atoms. The summed E-state index contributed by atoms with van der Waals surface area (Å²) in [4.78, 5) is 12.2. The van der Waals surface area contributed by atoms with Crippen molar-refractivity contribution in [2.45, 2.75) is 6.92 Å². The Kier molecular flexibility index (Phi) is 4.49. The molecule has 0 unspecified atom stereocenters. The zero-order valence-corrected chi connectivity index (χ0v) is 11.1. The fourth-order valence-corrected chi connectivity index (χ4v) is 3.62. The van der Waals surface area contributed by atoms with Crippen molar-refractivity contribution in [1.82, 2.24) is 0 Å². The quantitative estimate of drug-likeness (QED) is 0.787. The van der Waals surface area contributed by atoms with Gasteiger partial charge in [0.15, 0.2) is 0 Å². The van der Waals surface area contributed by atoms with Gasteiger partial charge in [0.1, 0.15) is 0 Å². The molecule has 0 saturated heterocycles. The van der Waals surface area contributed by atoms with Crippen LogP contribution in [-0.2, 0) is 4.74 Å². The molecule has 18 heavy (non-hydrogen) atoms. The van der Waals surface area contributed by atoms with Crippen molar-refractivity contribution in [1.29, 1.82) is 0 Å². The number of hydrogen-bond donors (Lipinski definition) is 0. The zero-order chi connectivity index (χ0) is 12.8. The zero-order valence-electron chi connectivity index (χ0n) is 10.2. The van der Waals surface area contributed by atoms with E-state index in [0.29, 0.717) is 6.61 Å². The number of carbonyl (C=O) groups is 1. The van der Waals surface area contributed by atoms with E-state index in [4.69, 9.17) is 4.74 Å². The molecule has 2 rings (SSSR count). The van der Waals surface area contributed by atoms with Crippen molar-refractivity contribution in [2.24, 2.45) is 0 Å². The van der Waals surface area contributed by atoms with Crippen LogP contribution in [0.5, 0.6) is 0 Å². The summed E-state index contributed by atoms with van der Waals surface area (Å²) in [5, 5.41) is 2.05. The number of benzene rings is 2. The van der Waals surface area contributed by atoms with Crippen LogP contribution in [0, 0.1) is 0 Å². The Morgan fingerprint density at radius 1 is 0.944 bits per heavy atom. The highest BCUT2D eigenvalue weighted by atomic mass is 31.1. The average molecular weight is 258 g/mol. The molecule has 0 atom stereocenters. The van der Waals surface area contributed by atoms with Crippen LogP contribution in [0.3, 0.4) is 0 Å². The first-order valence-electron chi connectivity index (χ1n) is 5.90. The highest BCUT2D eigenvalue weighted by Gasteiger charge is 2.23. The minimum absolute atomic E-state index is 0.134. The largest absolute Gasteiger partial charge is 0.462 e. The summed E-state index contributed by atoms with van der Waals surface area (Å²) in [7, 11) is -1.08. The molecular formula is C15H15O2P. The van der Waals surface area contributed by atoms with Crippen LogP contribution in [0.2, 0.25) is 0 Å². The van der Waals surface area contributed by atoms with Crippen LogP contribution in [0.15, 0.2) is 60.7 Å². The monoisotopic (exact) mass is 258 g/mol. The van der Waals surface area contributed by atoms with Crippen molar-refractivity contribution in [2.75, 3.05) is 6.61 Å². The van der Waals surface area contributed by atoms with Crippen LogP contribution in [0.4, 0.5) is 4.79 Å². The first-order chi connectivity index (χ1) is 8.83. The van der Waals surface area contributed by atoms with Crippen LogP contribution >= 0.6 is 7.92 Å². The molecule has 0 radical (unpaired) electrons. The highest BCUT2D eigenvalue weighted by molar-refractivity contribution is 7.87. The summed E-state index contributed by atoms with van der Waals surface area (Å²) in [5.41, 5.74) is -0.134. The van der Waals surface area contributed by atoms with Gasteiger partial charge in [-0.1, -0.05) is 60.7 Å². The Morgan fingerprint density at radius 2 is 1.39 bits per heavy atom. The van der Waals surface area contributed by atoms with Gasteiger partial charge < -0.3 is 4.74 Å². The Balaban J connectivity index is 2.38. The third-order valence-corrected chi connectivity index (χ3v) is 4.60. The topological polar surface area (TPSA) is 26.3 Å². The smallest absolute Gasteiger partial charge is 0.335 e. The molecule has 0 bridgehead atoms. The maximum absolute atomic E-state index is 12.2. The second-order valence-electron chi connectivity index (χ2n) is 3.71. The minimum atomic E-state index is -1.08. The molecule has 0 fully saturated rings. The molecule has 2 aromatic rings. The standard InChI is InChI=1S/C15H15O2P/c1-2-17-15(16)18(13-9-5-3-6-10-13)14-11-7-4-8-12-14/h3-12H,2H2,1H3. The summed E-state index contributed by atoms with van der Waals surface area (Å²) >= 11 is 0. The predicted octanol–water partition coefficient (Wildman–Crippen LogP) is 3.28. The molecule has 0 aliphatic carbocycles. The first kappa shape index (κ1) is 12.8. The molecule has 0 heterocycles. The maximum atomic E-state index is 12.2. The number of ether oxygens (including phenoxy) is 1. The van der Waals surface area contributed by atoms with Crippen LogP contribution in [-0.4, -0.2) is 12.3 Å². The lowest BCUT2D eigenvalue weighted by molar-refractivity contribution is 0.180. The lowest BCUT2D eigenvalue weighted by Crippen LogP contribution is -2.18. The van der Waals surface area contributed by atoms with Crippen LogP contribution < -0.4 is 10.6 Å². The van der Waals surface area contributed by atoms with E-state index in [1.165, 1.54) is 0 Å². The second-order valence-corrected chi connectivity index (χ2v) is 5.77. The Bertz CT molecular complexity index is 457. The molecule has 0 amide bonds. The van der Waals surface area contributed by atoms with Crippen LogP contribution in [0.1, 0.15) is 6.92 Å². The molecule has 0 aromatic heterocycles. The molecule has 2 aromatic carbocycles. The van der Waals surface area contributed by atoms with Crippen molar-refractivity contribution in [3.8, 4) is 0 Å². The van der Waals surface area contributed by atoms with E-state index in [0.717, 1.165) is 10.6 Å². The molecular weight excluding hydrogens is 243 g/mol. The van der Waals surface area contributed by atoms with Gasteiger partial charge in [0, 0.05) is 0 Å². The van der Waals surface area contributed by atoms with Gasteiger partial charge in [-0.15, -0.1) is 0 Å².